The molecule has 1 atom stereocenters. The van der Waals surface area contributed by atoms with E-state index in [-0.39, 0.29) is 5.91 Å². The van der Waals surface area contributed by atoms with Crippen LogP contribution < -0.4 is 5.32 Å². The van der Waals surface area contributed by atoms with Crippen molar-refractivity contribution in [2.75, 3.05) is 5.32 Å². The summed E-state index contributed by atoms with van der Waals surface area (Å²) >= 11 is 5.86. The minimum absolute atomic E-state index is 0.289. The first-order chi connectivity index (χ1) is 10.5. The van der Waals surface area contributed by atoms with Crippen molar-refractivity contribution in [3.63, 3.8) is 0 Å². The average Bonchev–Trinajstić information content (AvgIpc) is 2.49. The fourth-order valence-corrected chi connectivity index (χ4v) is 1.88. The van der Waals surface area contributed by atoms with Gasteiger partial charge in [-0.05, 0) is 37.6 Å². The number of oxime groups is 1. The second kappa shape index (κ2) is 7.61. The topological polar surface area (TPSA) is 50.7 Å². The lowest BCUT2D eigenvalue weighted by molar-refractivity contribution is -0.126. The van der Waals surface area contributed by atoms with Crippen LogP contribution in [0.15, 0.2) is 53.7 Å². The van der Waals surface area contributed by atoms with Crippen LogP contribution in [0.2, 0.25) is 5.02 Å². The Labute approximate surface area is 134 Å². The molecule has 0 saturated heterocycles. The summed E-state index contributed by atoms with van der Waals surface area (Å²) in [5.41, 5.74) is 2.70. The highest BCUT2D eigenvalue weighted by Gasteiger charge is 2.14. The van der Waals surface area contributed by atoms with Crippen molar-refractivity contribution in [2.24, 2.45) is 5.16 Å². The fraction of sp³-hybridized carbons (Fsp3) is 0.176. The SMILES string of the molecule is Cc1ccc(/C=N\O[C@H](C)C(=O)Nc2cccc(Cl)c2)cc1. The second-order valence-electron chi connectivity index (χ2n) is 4.89. The van der Waals surface area contributed by atoms with Gasteiger partial charge >= 0.3 is 0 Å². The molecule has 0 heterocycles. The summed E-state index contributed by atoms with van der Waals surface area (Å²) in [6, 6.07) is 14.8. The maximum Gasteiger partial charge on any atom is 0.267 e. The van der Waals surface area contributed by atoms with Crippen LogP contribution in [-0.4, -0.2) is 18.2 Å². The highest BCUT2D eigenvalue weighted by Crippen LogP contribution is 2.15. The van der Waals surface area contributed by atoms with Gasteiger partial charge in [-0.2, -0.15) is 0 Å². The zero-order chi connectivity index (χ0) is 15.9. The van der Waals surface area contributed by atoms with Crippen molar-refractivity contribution in [2.45, 2.75) is 20.0 Å². The predicted molar refractivity (Wildman–Crippen MR) is 89.4 cm³/mol. The summed E-state index contributed by atoms with van der Waals surface area (Å²) in [6.07, 6.45) is 0.864. The molecule has 0 saturated carbocycles. The fourth-order valence-electron chi connectivity index (χ4n) is 1.69. The monoisotopic (exact) mass is 316 g/mol. The number of carbonyl (C=O) groups excluding carboxylic acids is 1. The lowest BCUT2D eigenvalue weighted by atomic mass is 10.2. The third-order valence-electron chi connectivity index (χ3n) is 2.96. The number of halogens is 1. The van der Waals surface area contributed by atoms with Gasteiger partial charge in [0.2, 0.25) is 6.10 Å². The Bertz CT molecular complexity index is 669. The van der Waals surface area contributed by atoms with Crippen LogP contribution in [0.3, 0.4) is 0 Å². The van der Waals surface area contributed by atoms with Crippen LogP contribution in [0.5, 0.6) is 0 Å². The summed E-state index contributed by atoms with van der Waals surface area (Å²) in [7, 11) is 0. The Morgan fingerprint density at radius 2 is 2.00 bits per heavy atom. The molecule has 22 heavy (non-hydrogen) atoms. The van der Waals surface area contributed by atoms with Crippen molar-refractivity contribution in [3.8, 4) is 0 Å². The standard InChI is InChI=1S/C17H17ClN2O2/c1-12-6-8-14(9-7-12)11-19-22-13(2)17(21)20-16-5-3-4-15(18)10-16/h3-11,13H,1-2H3,(H,20,21)/b19-11-/t13-/m1/s1. The average molecular weight is 317 g/mol. The Kier molecular flexibility index (Phi) is 5.55. The van der Waals surface area contributed by atoms with E-state index in [0.29, 0.717) is 10.7 Å². The first kappa shape index (κ1) is 16.0. The molecule has 0 fully saturated rings. The summed E-state index contributed by atoms with van der Waals surface area (Å²) in [4.78, 5) is 17.1. The summed E-state index contributed by atoms with van der Waals surface area (Å²) < 4.78 is 0. The molecule has 0 aliphatic rings. The number of amides is 1. The van der Waals surface area contributed by atoms with Crippen molar-refractivity contribution in [1.29, 1.82) is 0 Å². The number of hydrogen-bond donors (Lipinski definition) is 1. The van der Waals surface area contributed by atoms with Crippen LogP contribution in [0.4, 0.5) is 5.69 Å². The Balaban J connectivity index is 1.87. The Morgan fingerprint density at radius 3 is 2.68 bits per heavy atom. The second-order valence-corrected chi connectivity index (χ2v) is 5.33. The van der Waals surface area contributed by atoms with Gasteiger partial charge in [0.1, 0.15) is 0 Å². The molecule has 0 aliphatic heterocycles. The highest BCUT2D eigenvalue weighted by atomic mass is 35.5. The number of hydrogen-bond acceptors (Lipinski definition) is 3. The number of nitrogens with zero attached hydrogens (tertiary/aromatic N) is 1. The predicted octanol–water partition coefficient (Wildman–Crippen LogP) is 4.03. The number of rotatable bonds is 5. The van der Waals surface area contributed by atoms with Crippen LogP contribution in [-0.2, 0) is 9.63 Å². The largest absolute Gasteiger partial charge is 0.383 e. The molecule has 1 amide bonds. The van der Waals surface area contributed by atoms with Gasteiger partial charge in [-0.1, -0.05) is 52.7 Å². The molecule has 2 rings (SSSR count). The Morgan fingerprint density at radius 1 is 1.27 bits per heavy atom. The van der Waals surface area contributed by atoms with Crippen molar-refractivity contribution >= 4 is 29.4 Å². The molecule has 2 aromatic carbocycles. The molecule has 0 aliphatic carbocycles. The molecule has 0 spiro atoms. The van der Waals surface area contributed by atoms with Gasteiger partial charge < -0.3 is 10.2 Å². The van der Waals surface area contributed by atoms with Gasteiger partial charge in [0.25, 0.3) is 5.91 Å². The molecule has 5 heteroatoms. The van der Waals surface area contributed by atoms with Crippen LogP contribution in [0.1, 0.15) is 18.1 Å². The van der Waals surface area contributed by atoms with Crippen molar-refractivity contribution in [3.05, 3.63) is 64.7 Å². The van der Waals surface area contributed by atoms with Gasteiger partial charge in [0.15, 0.2) is 0 Å². The zero-order valence-electron chi connectivity index (χ0n) is 12.4. The van der Waals surface area contributed by atoms with Crippen molar-refractivity contribution in [1.82, 2.24) is 0 Å². The molecular formula is C17H17ClN2O2. The molecule has 2 aromatic rings. The van der Waals surface area contributed by atoms with Crippen LogP contribution >= 0.6 is 11.6 Å². The molecule has 4 nitrogen and oxygen atoms in total. The quantitative estimate of drug-likeness (QED) is 0.669. The van der Waals surface area contributed by atoms with E-state index in [0.717, 1.165) is 5.56 Å². The molecular weight excluding hydrogens is 300 g/mol. The molecule has 114 valence electrons. The van der Waals surface area contributed by atoms with Gasteiger partial charge in [-0.3, -0.25) is 4.79 Å². The number of benzene rings is 2. The van der Waals surface area contributed by atoms with E-state index < -0.39 is 6.10 Å². The van der Waals surface area contributed by atoms with Gasteiger partial charge in [0, 0.05) is 10.7 Å². The number of aryl methyl sites for hydroxylation is 1. The summed E-state index contributed by atoms with van der Waals surface area (Å²) in [6.45, 7) is 3.64. The van der Waals surface area contributed by atoms with Crippen LogP contribution in [0, 0.1) is 6.92 Å². The first-order valence-electron chi connectivity index (χ1n) is 6.87. The third-order valence-corrected chi connectivity index (χ3v) is 3.19. The van der Waals surface area contributed by atoms with E-state index in [9.17, 15) is 4.79 Å². The minimum atomic E-state index is -0.708. The number of carbonyl (C=O) groups is 1. The Hall–Kier alpha value is -2.33. The van der Waals surface area contributed by atoms with E-state index in [1.54, 1.807) is 37.4 Å². The summed E-state index contributed by atoms with van der Waals surface area (Å²) in [5.74, 6) is -0.289. The minimum Gasteiger partial charge on any atom is -0.383 e. The van der Waals surface area contributed by atoms with Gasteiger partial charge in [-0.15, -0.1) is 0 Å². The molecule has 0 bridgehead atoms. The summed E-state index contributed by atoms with van der Waals surface area (Å²) in [5, 5.41) is 7.11. The van der Waals surface area contributed by atoms with E-state index >= 15 is 0 Å². The molecule has 1 N–H and O–H groups in total. The molecule has 0 aromatic heterocycles. The molecule has 0 unspecified atom stereocenters. The smallest absolute Gasteiger partial charge is 0.267 e. The van der Waals surface area contributed by atoms with E-state index in [1.165, 1.54) is 5.56 Å². The normalized spacial score (nSPS) is 12.1. The number of nitrogens with one attached hydrogen (secondary N) is 1. The van der Waals surface area contributed by atoms with Crippen LogP contribution in [0.25, 0.3) is 0 Å². The van der Waals surface area contributed by atoms with Gasteiger partial charge in [0.05, 0.1) is 6.21 Å². The van der Waals surface area contributed by atoms with Gasteiger partial charge in [-0.25, -0.2) is 0 Å². The lowest BCUT2D eigenvalue weighted by Gasteiger charge is -2.10. The maximum atomic E-state index is 12.0. The molecule has 0 radical (unpaired) electrons. The van der Waals surface area contributed by atoms with E-state index in [1.807, 2.05) is 31.2 Å². The van der Waals surface area contributed by atoms with Crippen molar-refractivity contribution < 1.29 is 9.63 Å². The van der Waals surface area contributed by atoms with E-state index in [4.69, 9.17) is 16.4 Å². The number of anilines is 1. The highest BCUT2D eigenvalue weighted by molar-refractivity contribution is 6.30. The first-order valence-corrected chi connectivity index (χ1v) is 7.24. The maximum absolute atomic E-state index is 12.0. The van der Waals surface area contributed by atoms with E-state index in [2.05, 4.69) is 10.5 Å². The lowest BCUT2D eigenvalue weighted by Crippen LogP contribution is -2.26. The third kappa shape index (κ3) is 4.90. The zero-order valence-corrected chi connectivity index (χ0v) is 13.2.